The third-order valence-electron chi connectivity index (χ3n) is 5.01. The second-order valence-corrected chi connectivity index (χ2v) is 6.95. The number of carbonyl (C=O) groups excluding carboxylic acids is 1. The van der Waals surface area contributed by atoms with Crippen LogP contribution in [0.5, 0.6) is 11.5 Å². The first-order valence-electron chi connectivity index (χ1n) is 9.05. The van der Waals surface area contributed by atoms with E-state index >= 15 is 0 Å². The largest absolute Gasteiger partial charge is 0.508 e. The van der Waals surface area contributed by atoms with Gasteiger partial charge in [0.05, 0.1) is 0 Å². The molecule has 138 valence electrons. The summed E-state index contributed by atoms with van der Waals surface area (Å²) >= 11 is 0. The molecule has 0 heterocycles. The van der Waals surface area contributed by atoms with Crippen LogP contribution in [0.2, 0.25) is 0 Å². The molecule has 2 aromatic rings. The highest BCUT2D eigenvalue weighted by Gasteiger charge is 2.28. The molecule has 1 fully saturated rings. The van der Waals surface area contributed by atoms with E-state index in [1.165, 1.54) is 6.07 Å². The van der Waals surface area contributed by atoms with Crippen molar-refractivity contribution < 1.29 is 19.7 Å². The van der Waals surface area contributed by atoms with Crippen LogP contribution in [0.15, 0.2) is 48.5 Å². The van der Waals surface area contributed by atoms with Crippen LogP contribution in [0.4, 0.5) is 0 Å². The fraction of sp³-hybridized carbons (Fsp3) is 0.381. The summed E-state index contributed by atoms with van der Waals surface area (Å²) in [4.78, 5) is 12.2. The molecule has 1 atom stereocenters. The molecule has 1 unspecified atom stereocenters. The minimum Gasteiger partial charge on any atom is -0.508 e. The second kappa shape index (κ2) is 8.23. The third-order valence-corrected chi connectivity index (χ3v) is 5.01. The molecule has 0 bridgehead atoms. The number of ether oxygens (including phenoxy) is 1. The maximum absolute atomic E-state index is 12.2. The van der Waals surface area contributed by atoms with E-state index in [4.69, 9.17) is 10.5 Å². The molecule has 0 amide bonds. The lowest BCUT2D eigenvalue weighted by Crippen LogP contribution is -2.37. The molecule has 5 heteroatoms. The van der Waals surface area contributed by atoms with Crippen LogP contribution in [-0.2, 0) is 16.0 Å². The van der Waals surface area contributed by atoms with E-state index in [0.29, 0.717) is 6.42 Å². The summed E-state index contributed by atoms with van der Waals surface area (Å²) in [6.07, 6.45) is 3.48. The van der Waals surface area contributed by atoms with Crippen molar-refractivity contribution in [1.29, 1.82) is 0 Å². The lowest BCUT2D eigenvalue weighted by Gasteiger charge is -2.29. The number of phenols is 2. The van der Waals surface area contributed by atoms with Crippen LogP contribution in [0.1, 0.15) is 42.7 Å². The first-order valence-corrected chi connectivity index (χ1v) is 9.05. The van der Waals surface area contributed by atoms with Gasteiger partial charge in [-0.3, -0.25) is 4.79 Å². The van der Waals surface area contributed by atoms with Gasteiger partial charge in [-0.05, 0) is 55.2 Å². The number of benzene rings is 2. The Balaban J connectivity index is 1.49. The maximum Gasteiger partial charge on any atom is 0.323 e. The zero-order chi connectivity index (χ0) is 18.5. The molecule has 26 heavy (non-hydrogen) atoms. The van der Waals surface area contributed by atoms with E-state index in [0.717, 1.165) is 36.8 Å². The van der Waals surface area contributed by atoms with Gasteiger partial charge in [-0.25, -0.2) is 0 Å². The highest BCUT2D eigenvalue weighted by atomic mass is 16.5. The summed E-state index contributed by atoms with van der Waals surface area (Å²) in [6, 6.07) is 13.7. The number of hydrogen-bond donors (Lipinski definition) is 3. The molecule has 1 aliphatic rings. The molecule has 0 radical (unpaired) electrons. The van der Waals surface area contributed by atoms with Gasteiger partial charge in [0.1, 0.15) is 23.6 Å². The Bertz CT molecular complexity index is 739. The van der Waals surface area contributed by atoms with Gasteiger partial charge >= 0.3 is 5.97 Å². The highest BCUT2D eigenvalue weighted by Crippen LogP contribution is 2.39. The normalized spacial score (nSPS) is 21.1. The van der Waals surface area contributed by atoms with Crippen molar-refractivity contribution in [3.05, 3.63) is 59.7 Å². The molecule has 0 aromatic heterocycles. The van der Waals surface area contributed by atoms with Gasteiger partial charge in [0.25, 0.3) is 0 Å². The first-order chi connectivity index (χ1) is 12.5. The molecular weight excluding hydrogens is 330 g/mol. The predicted octanol–water partition coefficient (Wildman–Crippen LogP) is 3.24. The average Bonchev–Trinajstić information content (AvgIpc) is 2.63. The average molecular weight is 355 g/mol. The van der Waals surface area contributed by atoms with Gasteiger partial charge in [0.2, 0.25) is 0 Å². The third kappa shape index (κ3) is 4.55. The Morgan fingerprint density at radius 1 is 1.08 bits per heavy atom. The summed E-state index contributed by atoms with van der Waals surface area (Å²) in [5.74, 6) is 0.0323. The SMILES string of the molecule is NC(Cc1ccccc1)C(=O)OC1CCC(c2ccc(O)cc2O)CC1. The summed E-state index contributed by atoms with van der Waals surface area (Å²) in [6.45, 7) is 0. The minimum absolute atomic E-state index is 0.0567. The van der Waals surface area contributed by atoms with Crippen molar-refractivity contribution in [2.24, 2.45) is 5.73 Å². The van der Waals surface area contributed by atoms with Crippen LogP contribution < -0.4 is 5.73 Å². The second-order valence-electron chi connectivity index (χ2n) is 6.95. The van der Waals surface area contributed by atoms with Gasteiger partial charge in [-0.15, -0.1) is 0 Å². The number of rotatable bonds is 5. The summed E-state index contributed by atoms with van der Waals surface area (Å²) < 4.78 is 5.59. The van der Waals surface area contributed by atoms with Gasteiger partial charge in [0.15, 0.2) is 0 Å². The summed E-state index contributed by atoms with van der Waals surface area (Å²) in [5.41, 5.74) is 7.85. The van der Waals surface area contributed by atoms with Crippen molar-refractivity contribution in [3.63, 3.8) is 0 Å². The highest BCUT2D eigenvalue weighted by molar-refractivity contribution is 5.76. The Kier molecular flexibility index (Phi) is 5.78. The number of phenolic OH excluding ortho intramolecular Hbond substituents is 2. The number of aromatic hydroxyl groups is 2. The van der Waals surface area contributed by atoms with Crippen LogP contribution in [0.25, 0.3) is 0 Å². The maximum atomic E-state index is 12.2. The van der Waals surface area contributed by atoms with E-state index in [-0.39, 0.29) is 29.5 Å². The van der Waals surface area contributed by atoms with Crippen molar-refractivity contribution in [1.82, 2.24) is 0 Å². The topological polar surface area (TPSA) is 92.8 Å². The number of esters is 1. The molecule has 0 saturated heterocycles. The zero-order valence-electron chi connectivity index (χ0n) is 14.7. The fourth-order valence-electron chi connectivity index (χ4n) is 3.57. The Labute approximate surface area is 153 Å². The van der Waals surface area contributed by atoms with E-state index in [2.05, 4.69) is 0 Å². The monoisotopic (exact) mass is 355 g/mol. The van der Waals surface area contributed by atoms with Crippen LogP contribution in [0, 0.1) is 0 Å². The summed E-state index contributed by atoms with van der Waals surface area (Å²) in [7, 11) is 0. The Morgan fingerprint density at radius 2 is 1.77 bits per heavy atom. The van der Waals surface area contributed by atoms with Crippen LogP contribution in [-0.4, -0.2) is 28.3 Å². The molecule has 4 N–H and O–H groups in total. The van der Waals surface area contributed by atoms with Gasteiger partial charge in [0, 0.05) is 6.07 Å². The summed E-state index contributed by atoms with van der Waals surface area (Å²) in [5, 5.41) is 19.4. The predicted molar refractivity (Wildman–Crippen MR) is 99.0 cm³/mol. The van der Waals surface area contributed by atoms with Crippen molar-refractivity contribution >= 4 is 5.97 Å². The molecule has 1 aliphatic carbocycles. The van der Waals surface area contributed by atoms with E-state index in [1.807, 2.05) is 30.3 Å². The quantitative estimate of drug-likeness (QED) is 0.716. The number of hydrogen-bond acceptors (Lipinski definition) is 5. The van der Waals surface area contributed by atoms with E-state index in [1.54, 1.807) is 12.1 Å². The number of nitrogens with two attached hydrogens (primary N) is 1. The van der Waals surface area contributed by atoms with Crippen molar-refractivity contribution in [2.75, 3.05) is 0 Å². The van der Waals surface area contributed by atoms with E-state index in [9.17, 15) is 15.0 Å². The molecular formula is C21H25NO4. The van der Waals surface area contributed by atoms with Gasteiger partial charge < -0.3 is 20.7 Å². The standard InChI is InChI=1S/C21H25NO4/c22-19(12-14-4-2-1-3-5-14)21(25)26-17-9-6-15(7-10-17)18-11-8-16(23)13-20(18)24/h1-5,8,11,13,15,17,19,23-24H,6-7,9-10,12,22H2. The lowest BCUT2D eigenvalue weighted by atomic mass is 9.82. The number of carbonyl (C=O) groups is 1. The van der Waals surface area contributed by atoms with Crippen molar-refractivity contribution in [2.45, 2.75) is 50.2 Å². The molecule has 1 saturated carbocycles. The van der Waals surface area contributed by atoms with Crippen LogP contribution in [0.3, 0.4) is 0 Å². The van der Waals surface area contributed by atoms with E-state index < -0.39 is 6.04 Å². The van der Waals surface area contributed by atoms with Gasteiger partial charge in [-0.2, -0.15) is 0 Å². The molecule has 3 rings (SSSR count). The molecule has 0 spiro atoms. The molecule has 5 nitrogen and oxygen atoms in total. The Hall–Kier alpha value is -2.53. The Morgan fingerprint density at radius 3 is 2.42 bits per heavy atom. The van der Waals surface area contributed by atoms with Gasteiger partial charge in [-0.1, -0.05) is 36.4 Å². The van der Waals surface area contributed by atoms with Crippen LogP contribution >= 0.6 is 0 Å². The lowest BCUT2D eigenvalue weighted by molar-refractivity contribution is -0.152. The smallest absolute Gasteiger partial charge is 0.323 e. The first kappa shape index (κ1) is 18.3. The van der Waals surface area contributed by atoms with Crippen molar-refractivity contribution in [3.8, 4) is 11.5 Å². The zero-order valence-corrected chi connectivity index (χ0v) is 14.7. The molecule has 2 aromatic carbocycles. The molecule has 0 aliphatic heterocycles. The fourth-order valence-corrected chi connectivity index (χ4v) is 3.57. The minimum atomic E-state index is -0.656.